The normalized spacial score (nSPS) is 14.8. The summed E-state index contributed by atoms with van der Waals surface area (Å²) in [6.45, 7) is 6.55. The van der Waals surface area contributed by atoms with Gasteiger partial charge in [0.15, 0.2) is 0 Å². The Balaban J connectivity index is 4.22. The third-order valence-corrected chi connectivity index (χ3v) is 3.47. The number of rotatable bonds is 6. The molecule has 6 heteroatoms. The third-order valence-electron chi connectivity index (χ3n) is 1.59. The minimum Gasteiger partial charge on any atom is -0.201 e. The lowest BCUT2D eigenvalue weighted by molar-refractivity contribution is 0.435. The highest BCUT2D eigenvalue weighted by molar-refractivity contribution is 7.87. The first-order chi connectivity index (χ1) is 5.94. The first-order valence-corrected chi connectivity index (χ1v) is 6.20. The molecule has 80 valence electrons. The van der Waals surface area contributed by atoms with Crippen LogP contribution in [0.3, 0.4) is 0 Å². The van der Waals surface area contributed by atoms with Crippen molar-refractivity contribution < 1.29 is 8.42 Å². The summed E-state index contributed by atoms with van der Waals surface area (Å²) in [6.07, 6.45) is 0. The van der Waals surface area contributed by atoms with Crippen LogP contribution >= 0.6 is 11.6 Å². The summed E-state index contributed by atoms with van der Waals surface area (Å²) in [5.41, 5.74) is 0. The van der Waals surface area contributed by atoms with Crippen molar-refractivity contribution in [3.05, 3.63) is 0 Å². The third kappa shape index (κ3) is 4.81. The number of nitrogens with zero attached hydrogens (tertiary/aromatic N) is 1. The summed E-state index contributed by atoms with van der Waals surface area (Å²) < 4.78 is 26.7. The van der Waals surface area contributed by atoms with Gasteiger partial charge < -0.3 is 0 Å². The summed E-state index contributed by atoms with van der Waals surface area (Å²) in [5, 5.41) is -0.190. The summed E-state index contributed by atoms with van der Waals surface area (Å²) in [4.78, 5) is 0. The standard InChI is InChI=1S/C7H17ClN2O2S/c1-4-10(5-2)13(11,12)9-6-7(3)8/h7,9H,4-6H2,1-3H3. The molecule has 0 bridgehead atoms. The van der Waals surface area contributed by atoms with Crippen molar-refractivity contribution in [2.45, 2.75) is 26.1 Å². The Morgan fingerprint density at radius 2 is 1.85 bits per heavy atom. The topological polar surface area (TPSA) is 49.4 Å². The molecule has 13 heavy (non-hydrogen) atoms. The zero-order valence-corrected chi connectivity index (χ0v) is 9.82. The molecule has 0 aliphatic heterocycles. The average Bonchev–Trinajstić information content (AvgIpc) is 2.03. The van der Waals surface area contributed by atoms with Crippen molar-refractivity contribution in [2.75, 3.05) is 19.6 Å². The van der Waals surface area contributed by atoms with Crippen LogP contribution in [-0.2, 0) is 10.2 Å². The van der Waals surface area contributed by atoms with Crippen LogP contribution in [-0.4, -0.2) is 37.7 Å². The summed E-state index contributed by atoms with van der Waals surface area (Å²) in [7, 11) is -3.32. The van der Waals surface area contributed by atoms with Gasteiger partial charge in [-0.15, -0.1) is 11.6 Å². The van der Waals surface area contributed by atoms with Gasteiger partial charge in [0.25, 0.3) is 10.2 Å². The minimum absolute atomic E-state index is 0.190. The van der Waals surface area contributed by atoms with E-state index in [0.717, 1.165) is 0 Å². The molecule has 4 nitrogen and oxygen atoms in total. The fraction of sp³-hybridized carbons (Fsp3) is 1.00. The second-order valence-electron chi connectivity index (χ2n) is 2.72. The van der Waals surface area contributed by atoms with E-state index in [1.54, 1.807) is 20.8 Å². The summed E-state index contributed by atoms with van der Waals surface area (Å²) >= 11 is 5.63. The first-order valence-electron chi connectivity index (χ1n) is 4.32. The monoisotopic (exact) mass is 228 g/mol. The van der Waals surface area contributed by atoms with Crippen molar-refractivity contribution in [3.8, 4) is 0 Å². The fourth-order valence-corrected chi connectivity index (χ4v) is 2.37. The van der Waals surface area contributed by atoms with Crippen LogP contribution in [0.15, 0.2) is 0 Å². The Bertz CT molecular complexity index is 225. The van der Waals surface area contributed by atoms with E-state index < -0.39 is 10.2 Å². The van der Waals surface area contributed by atoms with Gasteiger partial charge >= 0.3 is 0 Å². The van der Waals surface area contributed by atoms with Crippen LogP contribution < -0.4 is 4.72 Å². The average molecular weight is 229 g/mol. The molecule has 0 aromatic rings. The van der Waals surface area contributed by atoms with Crippen molar-refractivity contribution in [3.63, 3.8) is 0 Å². The van der Waals surface area contributed by atoms with Crippen LogP contribution in [0.25, 0.3) is 0 Å². The molecule has 0 heterocycles. The Labute approximate surface area is 85.4 Å². The Morgan fingerprint density at radius 1 is 1.38 bits per heavy atom. The molecule has 0 rings (SSSR count). The van der Waals surface area contributed by atoms with Crippen LogP contribution in [0.2, 0.25) is 0 Å². The second-order valence-corrected chi connectivity index (χ2v) is 5.22. The molecule has 1 atom stereocenters. The maximum atomic E-state index is 11.5. The van der Waals surface area contributed by atoms with Crippen molar-refractivity contribution in [1.82, 2.24) is 9.03 Å². The van der Waals surface area contributed by atoms with Crippen molar-refractivity contribution in [1.29, 1.82) is 0 Å². The van der Waals surface area contributed by atoms with E-state index in [1.165, 1.54) is 4.31 Å². The van der Waals surface area contributed by atoms with Gasteiger partial charge in [0.1, 0.15) is 0 Å². The lowest BCUT2D eigenvalue weighted by Crippen LogP contribution is -2.42. The highest BCUT2D eigenvalue weighted by Crippen LogP contribution is 1.98. The van der Waals surface area contributed by atoms with E-state index in [2.05, 4.69) is 4.72 Å². The lowest BCUT2D eigenvalue weighted by atomic mass is 10.5. The van der Waals surface area contributed by atoms with Gasteiger partial charge in [-0.3, -0.25) is 0 Å². The smallest absolute Gasteiger partial charge is 0.201 e. The quantitative estimate of drug-likeness (QED) is 0.684. The van der Waals surface area contributed by atoms with Gasteiger partial charge in [-0.2, -0.15) is 12.7 Å². The van der Waals surface area contributed by atoms with Gasteiger partial charge in [0.2, 0.25) is 0 Å². The van der Waals surface area contributed by atoms with E-state index in [9.17, 15) is 8.42 Å². The van der Waals surface area contributed by atoms with E-state index >= 15 is 0 Å². The van der Waals surface area contributed by atoms with Crippen molar-refractivity contribution >= 4 is 21.8 Å². The number of hydrogen-bond donors (Lipinski definition) is 1. The maximum Gasteiger partial charge on any atom is 0.279 e. The molecule has 0 amide bonds. The second kappa shape index (κ2) is 5.80. The van der Waals surface area contributed by atoms with E-state index in [1.807, 2.05) is 0 Å². The molecule has 0 saturated heterocycles. The summed E-state index contributed by atoms with van der Waals surface area (Å²) in [6, 6.07) is 0. The highest BCUT2D eigenvalue weighted by Gasteiger charge is 2.17. The Hall–Kier alpha value is 0.160. The summed E-state index contributed by atoms with van der Waals surface area (Å²) in [5.74, 6) is 0. The molecule has 0 spiro atoms. The zero-order valence-electron chi connectivity index (χ0n) is 8.25. The van der Waals surface area contributed by atoms with Crippen LogP contribution in [0.5, 0.6) is 0 Å². The van der Waals surface area contributed by atoms with Crippen LogP contribution in [0, 0.1) is 0 Å². The van der Waals surface area contributed by atoms with Gasteiger partial charge in [-0.25, -0.2) is 4.72 Å². The highest BCUT2D eigenvalue weighted by atomic mass is 35.5. The first kappa shape index (κ1) is 13.2. The maximum absolute atomic E-state index is 11.5. The van der Waals surface area contributed by atoms with Gasteiger partial charge in [-0.05, 0) is 6.92 Å². The molecule has 0 aliphatic rings. The minimum atomic E-state index is -3.32. The predicted octanol–water partition coefficient (Wildman–Crippen LogP) is 0.790. The predicted molar refractivity (Wildman–Crippen MR) is 55.2 cm³/mol. The van der Waals surface area contributed by atoms with E-state index in [0.29, 0.717) is 13.1 Å². The molecular weight excluding hydrogens is 212 g/mol. The molecule has 1 unspecified atom stereocenters. The molecular formula is C7H17ClN2O2S. The van der Waals surface area contributed by atoms with Gasteiger partial charge in [0, 0.05) is 25.0 Å². The van der Waals surface area contributed by atoms with Gasteiger partial charge in [-0.1, -0.05) is 13.8 Å². The van der Waals surface area contributed by atoms with Gasteiger partial charge in [0.05, 0.1) is 0 Å². The number of nitrogens with one attached hydrogen (secondary N) is 1. The molecule has 0 radical (unpaired) electrons. The number of halogens is 1. The molecule has 0 aromatic heterocycles. The molecule has 0 aliphatic carbocycles. The van der Waals surface area contributed by atoms with E-state index in [4.69, 9.17) is 11.6 Å². The largest absolute Gasteiger partial charge is 0.279 e. The van der Waals surface area contributed by atoms with Crippen LogP contribution in [0.1, 0.15) is 20.8 Å². The molecule has 0 aromatic carbocycles. The Kier molecular flexibility index (Phi) is 5.87. The number of hydrogen-bond acceptors (Lipinski definition) is 2. The lowest BCUT2D eigenvalue weighted by Gasteiger charge is -2.19. The van der Waals surface area contributed by atoms with Crippen LogP contribution in [0.4, 0.5) is 0 Å². The molecule has 0 fully saturated rings. The molecule has 1 N–H and O–H groups in total. The Morgan fingerprint density at radius 3 is 2.15 bits per heavy atom. The van der Waals surface area contributed by atoms with E-state index in [-0.39, 0.29) is 11.9 Å². The van der Waals surface area contributed by atoms with Crippen molar-refractivity contribution in [2.24, 2.45) is 0 Å². The SMILES string of the molecule is CCN(CC)S(=O)(=O)NCC(C)Cl. The molecule has 0 saturated carbocycles. The fourth-order valence-electron chi connectivity index (χ4n) is 0.875. The zero-order chi connectivity index (χ0) is 10.5. The number of alkyl halides is 1.